The Kier molecular flexibility index (Phi) is 5.53. The number of carbonyl (C=O) groups is 1. The summed E-state index contributed by atoms with van der Waals surface area (Å²) in [4.78, 5) is 14.8. The number of para-hydroxylation sites is 1. The molecule has 0 spiro atoms. The normalized spacial score (nSPS) is 15.0. The molecule has 1 aliphatic rings. The molecule has 0 unspecified atom stereocenters. The Morgan fingerprint density at radius 1 is 1.16 bits per heavy atom. The minimum atomic E-state index is -0.741. The third-order valence-corrected chi connectivity index (χ3v) is 4.38. The van der Waals surface area contributed by atoms with Crippen LogP contribution in [0.2, 0.25) is 0 Å². The van der Waals surface area contributed by atoms with Crippen molar-refractivity contribution in [3.05, 3.63) is 54.3 Å². The van der Waals surface area contributed by atoms with E-state index in [0.29, 0.717) is 12.1 Å². The first-order chi connectivity index (χ1) is 12.2. The lowest BCUT2D eigenvalue weighted by atomic mass is 10.2. The highest BCUT2D eigenvalue weighted by molar-refractivity contribution is 5.94. The van der Waals surface area contributed by atoms with Crippen LogP contribution in [0.25, 0.3) is 0 Å². The van der Waals surface area contributed by atoms with E-state index in [4.69, 9.17) is 4.74 Å². The Balaban J connectivity index is 1.62. The molecule has 1 amide bonds. The van der Waals surface area contributed by atoms with Gasteiger partial charge in [-0.2, -0.15) is 0 Å². The number of benzene rings is 2. The summed E-state index contributed by atoms with van der Waals surface area (Å²) in [6.07, 6.45) is 2.16. The average Bonchev–Trinajstić information content (AvgIpc) is 3.16. The number of anilines is 2. The predicted molar refractivity (Wildman–Crippen MR) is 97.6 cm³/mol. The molecule has 1 heterocycles. The Hall–Kier alpha value is -2.56. The van der Waals surface area contributed by atoms with E-state index in [1.54, 1.807) is 12.1 Å². The Bertz CT molecular complexity index is 712. The van der Waals surface area contributed by atoms with Gasteiger partial charge in [-0.25, -0.2) is 4.39 Å². The van der Waals surface area contributed by atoms with Crippen LogP contribution in [0.1, 0.15) is 26.2 Å². The number of amides is 1. The maximum atomic E-state index is 13.7. The Morgan fingerprint density at radius 3 is 2.48 bits per heavy atom. The van der Waals surface area contributed by atoms with Crippen LogP contribution < -0.4 is 15.0 Å². The second-order valence-electron chi connectivity index (χ2n) is 6.18. The Labute approximate surface area is 147 Å². The van der Waals surface area contributed by atoms with Gasteiger partial charge in [0.05, 0.1) is 0 Å². The molecule has 1 fully saturated rings. The van der Waals surface area contributed by atoms with E-state index in [0.717, 1.165) is 13.1 Å². The molecule has 0 aromatic heterocycles. The van der Waals surface area contributed by atoms with Crippen molar-refractivity contribution in [1.82, 2.24) is 0 Å². The first-order valence-corrected chi connectivity index (χ1v) is 8.74. The number of ether oxygens (including phenoxy) is 1. The lowest BCUT2D eigenvalue weighted by Gasteiger charge is -2.19. The first-order valence-electron chi connectivity index (χ1n) is 8.74. The van der Waals surface area contributed by atoms with Gasteiger partial charge in [0.2, 0.25) is 0 Å². The molecule has 0 saturated carbocycles. The van der Waals surface area contributed by atoms with Crippen LogP contribution >= 0.6 is 0 Å². The zero-order valence-electron chi connectivity index (χ0n) is 14.4. The molecule has 1 atom stereocenters. The average molecular weight is 342 g/mol. The van der Waals surface area contributed by atoms with Crippen molar-refractivity contribution < 1.29 is 13.9 Å². The van der Waals surface area contributed by atoms with E-state index in [9.17, 15) is 9.18 Å². The number of halogens is 1. The Morgan fingerprint density at radius 2 is 1.84 bits per heavy atom. The second kappa shape index (κ2) is 8.01. The SMILES string of the molecule is CC[C@H](Oc1ccccc1F)C(=O)Nc1ccc(N2CCCC2)cc1. The second-order valence-corrected chi connectivity index (χ2v) is 6.18. The van der Waals surface area contributed by atoms with Crippen molar-refractivity contribution in [3.8, 4) is 5.75 Å². The summed E-state index contributed by atoms with van der Waals surface area (Å²) in [5.41, 5.74) is 1.88. The fourth-order valence-corrected chi connectivity index (χ4v) is 2.97. The monoisotopic (exact) mass is 342 g/mol. The van der Waals surface area contributed by atoms with Crippen molar-refractivity contribution >= 4 is 17.3 Å². The highest BCUT2D eigenvalue weighted by Gasteiger charge is 2.20. The summed E-state index contributed by atoms with van der Waals surface area (Å²) in [5.74, 6) is -0.655. The van der Waals surface area contributed by atoms with Gasteiger partial charge in [-0.15, -0.1) is 0 Å². The first kappa shape index (κ1) is 17.3. The van der Waals surface area contributed by atoms with Gasteiger partial charge >= 0.3 is 0 Å². The summed E-state index contributed by atoms with van der Waals surface area (Å²) in [6, 6.07) is 13.9. The van der Waals surface area contributed by atoms with Gasteiger partial charge in [0.15, 0.2) is 17.7 Å². The van der Waals surface area contributed by atoms with Crippen molar-refractivity contribution in [3.63, 3.8) is 0 Å². The van der Waals surface area contributed by atoms with E-state index in [1.807, 2.05) is 31.2 Å². The molecule has 0 bridgehead atoms. The van der Waals surface area contributed by atoms with Crippen molar-refractivity contribution in [1.29, 1.82) is 0 Å². The smallest absolute Gasteiger partial charge is 0.265 e. The summed E-state index contributed by atoms with van der Waals surface area (Å²) >= 11 is 0. The van der Waals surface area contributed by atoms with Gasteiger partial charge in [-0.1, -0.05) is 19.1 Å². The molecule has 0 aliphatic carbocycles. The maximum Gasteiger partial charge on any atom is 0.265 e. The van der Waals surface area contributed by atoms with E-state index in [-0.39, 0.29) is 11.7 Å². The fourth-order valence-electron chi connectivity index (χ4n) is 2.97. The van der Waals surface area contributed by atoms with Crippen LogP contribution in [0.15, 0.2) is 48.5 Å². The van der Waals surface area contributed by atoms with E-state index in [2.05, 4.69) is 10.2 Å². The molecule has 0 radical (unpaired) electrons. The van der Waals surface area contributed by atoms with Gasteiger partial charge in [0.1, 0.15) is 0 Å². The largest absolute Gasteiger partial charge is 0.478 e. The predicted octanol–water partition coefficient (Wildman–Crippen LogP) is 4.22. The van der Waals surface area contributed by atoms with Crippen molar-refractivity contribution in [2.75, 3.05) is 23.3 Å². The molecule has 132 valence electrons. The molecule has 2 aromatic carbocycles. The van der Waals surface area contributed by atoms with Crippen molar-refractivity contribution in [2.24, 2.45) is 0 Å². The summed E-state index contributed by atoms with van der Waals surface area (Å²) in [5, 5.41) is 2.85. The topological polar surface area (TPSA) is 41.6 Å². The van der Waals surface area contributed by atoms with Crippen LogP contribution in [0.4, 0.5) is 15.8 Å². The van der Waals surface area contributed by atoms with Gasteiger partial charge < -0.3 is 15.0 Å². The highest BCUT2D eigenvalue weighted by Crippen LogP contribution is 2.23. The molecule has 1 N–H and O–H groups in total. The van der Waals surface area contributed by atoms with Crippen molar-refractivity contribution in [2.45, 2.75) is 32.3 Å². The summed E-state index contributed by atoms with van der Waals surface area (Å²) in [7, 11) is 0. The van der Waals surface area contributed by atoms with Crippen LogP contribution in [0.3, 0.4) is 0 Å². The number of nitrogens with zero attached hydrogens (tertiary/aromatic N) is 1. The lowest BCUT2D eigenvalue weighted by Crippen LogP contribution is -2.32. The van der Waals surface area contributed by atoms with Crippen LogP contribution in [-0.2, 0) is 4.79 Å². The summed E-state index contributed by atoms with van der Waals surface area (Å²) < 4.78 is 19.2. The van der Waals surface area contributed by atoms with Gasteiger partial charge in [0, 0.05) is 24.5 Å². The zero-order valence-corrected chi connectivity index (χ0v) is 14.4. The van der Waals surface area contributed by atoms with E-state index >= 15 is 0 Å². The number of nitrogens with one attached hydrogen (secondary N) is 1. The third kappa shape index (κ3) is 4.29. The molecule has 5 heteroatoms. The molecule has 25 heavy (non-hydrogen) atoms. The number of hydrogen-bond donors (Lipinski definition) is 1. The van der Waals surface area contributed by atoms with Gasteiger partial charge in [-0.3, -0.25) is 4.79 Å². The quantitative estimate of drug-likeness (QED) is 0.854. The zero-order chi connectivity index (χ0) is 17.6. The molecule has 2 aromatic rings. The fraction of sp³-hybridized carbons (Fsp3) is 0.350. The molecular weight excluding hydrogens is 319 g/mol. The number of hydrogen-bond acceptors (Lipinski definition) is 3. The highest BCUT2D eigenvalue weighted by atomic mass is 19.1. The standard InChI is InChI=1S/C20H23FN2O2/c1-2-18(25-19-8-4-3-7-17(19)21)20(24)22-15-9-11-16(12-10-15)23-13-5-6-14-23/h3-4,7-12,18H,2,5-6,13-14H2,1H3,(H,22,24)/t18-/m0/s1. The lowest BCUT2D eigenvalue weighted by molar-refractivity contribution is -0.122. The van der Waals surface area contributed by atoms with Gasteiger partial charge in [-0.05, 0) is 55.7 Å². The third-order valence-electron chi connectivity index (χ3n) is 4.38. The maximum absolute atomic E-state index is 13.7. The molecule has 1 saturated heterocycles. The van der Waals surface area contributed by atoms with Gasteiger partial charge in [0.25, 0.3) is 5.91 Å². The molecule has 4 nitrogen and oxygen atoms in total. The molecule has 1 aliphatic heterocycles. The number of rotatable bonds is 6. The van der Waals surface area contributed by atoms with E-state index in [1.165, 1.54) is 30.7 Å². The minimum Gasteiger partial charge on any atom is -0.478 e. The minimum absolute atomic E-state index is 0.0916. The number of carbonyl (C=O) groups excluding carboxylic acids is 1. The van der Waals surface area contributed by atoms with E-state index < -0.39 is 11.9 Å². The molecular formula is C20H23FN2O2. The van der Waals surface area contributed by atoms with Crippen LogP contribution in [-0.4, -0.2) is 25.1 Å². The van der Waals surface area contributed by atoms with Crippen LogP contribution in [0, 0.1) is 5.82 Å². The van der Waals surface area contributed by atoms with Crippen LogP contribution in [0.5, 0.6) is 5.75 Å². The summed E-state index contributed by atoms with van der Waals surface area (Å²) in [6.45, 7) is 4.00. The molecule has 3 rings (SSSR count).